The maximum Gasteiger partial charge on any atom is 0.265 e. The molecule has 0 unspecified atom stereocenters. The molecule has 2 aliphatic heterocycles. The van der Waals surface area contributed by atoms with Crippen LogP contribution in [-0.4, -0.2) is 66.7 Å². The monoisotopic (exact) mass is 450 g/mol. The lowest BCUT2D eigenvalue weighted by Gasteiger charge is -2.34. The maximum absolute atomic E-state index is 13.1. The standard InChI is InChI=1S/C19H22N4O5S2/c1-11-17(29-13(3)20-11)19(25)22-6-8-23(9-7-22)30(26,27)14-4-5-16-15(10-14)21-18(24)12(2)28-16/h4-5,10,12H,6-9H2,1-3H3,(H,21,24)/t12-/m0/s1. The van der Waals surface area contributed by atoms with Crippen LogP contribution in [0.5, 0.6) is 5.75 Å². The second-order valence-electron chi connectivity index (χ2n) is 7.25. The smallest absolute Gasteiger partial charge is 0.265 e. The summed E-state index contributed by atoms with van der Waals surface area (Å²) in [4.78, 5) is 31.2. The van der Waals surface area contributed by atoms with E-state index in [0.717, 1.165) is 5.01 Å². The van der Waals surface area contributed by atoms with Gasteiger partial charge in [-0.05, 0) is 39.0 Å². The quantitative estimate of drug-likeness (QED) is 0.761. The van der Waals surface area contributed by atoms with Gasteiger partial charge in [-0.2, -0.15) is 4.31 Å². The number of thiazole rings is 1. The highest BCUT2D eigenvalue weighted by atomic mass is 32.2. The lowest BCUT2D eigenvalue weighted by molar-refractivity contribution is -0.122. The number of hydrogen-bond donors (Lipinski definition) is 1. The van der Waals surface area contributed by atoms with Crippen molar-refractivity contribution >= 4 is 38.9 Å². The molecule has 2 amide bonds. The number of carbonyl (C=O) groups is 2. The Kier molecular flexibility index (Phi) is 5.28. The number of aryl methyl sites for hydroxylation is 2. The Morgan fingerprint density at radius 2 is 1.93 bits per heavy atom. The molecule has 11 heteroatoms. The van der Waals surface area contributed by atoms with Crippen molar-refractivity contribution in [2.24, 2.45) is 0 Å². The van der Waals surface area contributed by atoms with Crippen LogP contribution in [0.15, 0.2) is 23.1 Å². The topological polar surface area (TPSA) is 109 Å². The van der Waals surface area contributed by atoms with Gasteiger partial charge in [0.05, 0.1) is 21.3 Å². The van der Waals surface area contributed by atoms with Crippen LogP contribution in [0.2, 0.25) is 0 Å². The minimum atomic E-state index is -3.77. The average Bonchev–Trinajstić information content (AvgIpc) is 3.06. The van der Waals surface area contributed by atoms with Gasteiger partial charge >= 0.3 is 0 Å². The zero-order valence-electron chi connectivity index (χ0n) is 16.8. The number of fused-ring (bicyclic) bond motifs is 1. The molecule has 0 saturated carbocycles. The van der Waals surface area contributed by atoms with E-state index in [4.69, 9.17) is 4.74 Å². The van der Waals surface area contributed by atoms with Crippen molar-refractivity contribution in [2.45, 2.75) is 31.8 Å². The first-order chi connectivity index (χ1) is 14.2. The van der Waals surface area contributed by atoms with Gasteiger partial charge in [-0.1, -0.05) is 0 Å². The molecule has 0 aliphatic carbocycles. The van der Waals surface area contributed by atoms with Crippen molar-refractivity contribution in [1.29, 1.82) is 0 Å². The fraction of sp³-hybridized carbons (Fsp3) is 0.421. The Morgan fingerprint density at radius 3 is 2.57 bits per heavy atom. The summed E-state index contributed by atoms with van der Waals surface area (Å²) in [5.41, 5.74) is 1.04. The highest BCUT2D eigenvalue weighted by molar-refractivity contribution is 7.89. The van der Waals surface area contributed by atoms with E-state index in [1.165, 1.54) is 27.8 Å². The number of piperazine rings is 1. The van der Waals surface area contributed by atoms with Gasteiger partial charge in [0.2, 0.25) is 10.0 Å². The van der Waals surface area contributed by atoms with Crippen LogP contribution in [0.3, 0.4) is 0 Å². The van der Waals surface area contributed by atoms with Crippen LogP contribution in [0, 0.1) is 13.8 Å². The molecule has 1 fully saturated rings. The van der Waals surface area contributed by atoms with Gasteiger partial charge in [-0.3, -0.25) is 9.59 Å². The summed E-state index contributed by atoms with van der Waals surface area (Å²) in [5.74, 6) is 0.00219. The van der Waals surface area contributed by atoms with Gasteiger partial charge in [0.25, 0.3) is 11.8 Å². The molecule has 160 valence electrons. The normalized spacial score (nSPS) is 19.8. The molecule has 1 atom stereocenters. The van der Waals surface area contributed by atoms with Gasteiger partial charge in [-0.25, -0.2) is 13.4 Å². The Balaban J connectivity index is 1.48. The fourth-order valence-electron chi connectivity index (χ4n) is 3.50. The number of carbonyl (C=O) groups excluding carboxylic acids is 2. The molecule has 9 nitrogen and oxygen atoms in total. The number of sulfonamides is 1. The molecule has 0 spiro atoms. The lowest BCUT2D eigenvalue weighted by atomic mass is 10.2. The predicted octanol–water partition coefficient (Wildman–Crippen LogP) is 1.63. The lowest BCUT2D eigenvalue weighted by Crippen LogP contribution is -2.50. The Morgan fingerprint density at radius 1 is 1.23 bits per heavy atom. The van der Waals surface area contributed by atoms with Crippen molar-refractivity contribution < 1.29 is 22.7 Å². The summed E-state index contributed by atoms with van der Waals surface area (Å²) in [7, 11) is -3.77. The van der Waals surface area contributed by atoms with Crippen LogP contribution in [-0.2, 0) is 14.8 Å². The van der Waals surface area contributed by atoms with Crippen LogP contribution >= 0.6 is 11.3 Å². The minimum absolute atomic E-state index is 0.0772. The molecule has 1 aromatic heterocycles. The summed E-state index contributed by atoms with van der Waals surface area (Å²) < 4.78 is 33.0. The van der Waals surface area contributed by atoms with Gasteiger partial charge in [-0.15, -0.1) is 11.3 Å². The van der Waals surface area contributed by atoms with E-state index >= 15 is 0 Å². The number of hydrogen-bond acceptors (Lipinski definition) is 7. The number of amides is 2. The van der Waals surface area contributed by atoms with E-state index in [-0.39, 0.29) is 29.8 Å². The molecular formula is C19H22N4O5S2. The maximum atomic E-state index is 13.1. The van der Waals surface area contributed by atoms with E-state index in [2.05, 4.69) is 10.3 Å². The number of ether oxygens (including phenoxy) is 1. The number of benzene rings is 1. The van der Waals surface area contributed by atoms with Crippen molar-refractivity contribution in [2.75, 3.05) is 31.5 Å². The number of anilines is 1. The predicted molar refractivity (Wildman–Crippen MR) is 111 cm³/mol. The first-order valence-corrected chi connectivity index (χ1v) is 11.8. The first kappa shape index (κ1) is 20.8. The number of nitrogens with one attached hydrogen (secondary N) is 1. The molecule has 30 heavy (non-hydrogen) atoms. The van der Waals surface area contributed by atoms with Gasteiger partial charge in [0.1, 0.15) is 10.6 Å². The number of nitrogens with zero attached hydrogens (tertiary/aromatic N) is 3. The fourth-order valence-corrected chi connectivity index (χ4v) is 5.84. The molecule has 1 aromatic carbocycles. The SMILES string of the molecule is Cc1nc(C)c(C(=O)N2CCN(S(=O)(=O)c3ccc4c(c3)NC(=O)[C@H](C)O4)CC2)s1. The van der Waals surface area contributed by atoms with Gasteiger partial charge in [0.15, 0.2) is 6.10 Å². The number of aromatic nitrogens is 1. The molecule has 1 N–H and O–H groups in total. The summed E-state index contributed by atoms with van der Waals surface area (Å²) in [6.07, 6.45) is -0.628. The summed E-state index contributed by atoms with van der Waals surface area (Å²) in [6.45, 7) is 6.28. The molecule has 0 bridgehead atoms. The van der Waals surface area contributed by atoms with Crippen LogP contribution < -0.4 is 10.1 Å². The second kappa shape index (κ2) is 7.64. The largest absolute Gasteiger partial charge is 0.479 e. The molecular weight excluding hydrogens is 428 g/mol. The van der Waals surface area contributed by atoms with Crippen LogP contribution in [0.1, 0.15) is 27.3 Å². The van der Waals surface area contributed by atoms with Crippen molar-refractivity contribution in [1.82, 2.24) is 14.2 Å². The highest BCUT2D eigenvalue weighted by Gasteiger charge is 2.33. The molecule has 4 rings (SSSR count). The van der Waals surface area contributed by atoms with Gasteiger partial charge < -0.3 is 15.0 Å². The van der Waals surface area contributed by atoms with Crippen LogP contribution in [0.25, 0.3) is 0 Å². The summed E-state index contributed by atoms with van der Waals surface area (Å²) >= 11 is 1.35. The van der Waals surface area contributed by atoms with E-state index in [1.54, 1.807) is 24.8 Å². The third-order valence-corrected chi connectivity index (χ3v) is 8.10. The molecule has 3 heterocycles. The van der Waals surface area contributed by atoms with E-state index in [1.807, 2.05) is 6.92 Å². The van der Waals surface area contributed by atoms with E-state index < -0.39 is 16.1 Å². The molecule has 2 aromatic rings. The zero-order valence-corrected chi connectivity index (χ0v) is 18.5. The third kappa shape index (κ3) is 3.68. The molecule has 0 radical (unpaired) electrons. The van der Waals surface area contributed by atoms with Crippen molar-refractivity contribution in [3.63, 3.8) is 0 Å². The zero-order chi connectivity index (χ0) is 21.6. The van der Waals surface area contributed by atoms with E-state index in [0.29, 0.717) is 35.1 Å². The Labute approximate surface area is 178 Å². The van der Waals surface area contributed by atoms with Crippen LogP contribution in [0.4, 0.5) is 5.69 Å². The van der Waals surface area contributed by atoms with Gasteiger partial charge in [0, 0.05) is 26.2 Å². The summed E-state index contributed by atoms with van der Waals surface area (Å²) in [6, 6.07) is 4.43. The Hall–Kier alpha value is -2.50. The number of rotatable bonds is 3. The van der Waals surface area contributed by atoms with Crippen molar-refractivity contribution in [3.05, 3.63) is 33.8 Å². The first-order valence-electron chi connectivity index (χ1n) is 9.52. The second-order valence-corrected chi connectivity index (χ2v) is 10.4. The highest BCUT2D eigenvalue weighted by Crippen LogP contribution is 2.33. The summed E-state index contributed by atoms with van der Waals surface area (Å²) in [5, 5.41) is 3.50. The third-order valence-electron chi connectivity index (χ3n) is 5.14. The molecule has 1 saturated heterocycles. The Bertz CT molecular complexity index is 1120. The van der Waals surface area contributed by atoms with Crippen molar-refractivity contribution in [3.8, 4) is 5.75 Å². The molecule has 2 aliphatic rings. The minimum Gasteiger partial charge on any atom is -0.479 e. The van der Waals surface area contributed by atoms with E-state index in [9.17, 15) is 18.0 Å². The average molecular weight is 451 g/mol.